The first-order chi connectivity index (χ1) is 26.5. The molecule has 16 nitrogen and oxygen atoms in total. The molecule has 1 saturated heterocycles. The second-order valence-corrected chi connectivity index (χ2v) is 14.6. The molecule has 1 aromatic heterocycles. The number of alkyl halides is 3. The minimum Gasteiger partial charge on any atom is -0.569 e. The van der Waals surface area contributed by atoms with E-state index >= 15 is 0 Å². The summed E-state index contributed by atoms with van der Waals surface area (Å²) in [6.07, 6.45) is -6.03. The van der Waals surface area contributed by atoms with Crippen molar-refractivity contribution in [3.8, 4) is 16.9 Å². The Kier molecular flexibility index (Phi) is 11.1. The number of ether oxygens (including phenoxy) is 1. The van der Waals surface area contributed by atoms with Gasteiger partial charge in [-0.3, -0.25) is 19.2 Å². The number of aromatic nitrogens is 2. The molecule has 2 atom stereocenters. The molecule has 0 bridgehead atoms. The highest BCUT2D eigenvalue weighted by Gasteiger charge is 2.40. The molecular formula is C36H34F3N7O9S. The largest absolute Gasteiger partial charge is 0.569 e. The molecule has 56 heavy (non-hydrogen) atoms. The molecule has 3 aromatic carbocycles. The summed E-state index contributed by atoms with van der Waals surface area (Å²) in [4.78, 5) is 56.1. The van der Waals surface area contributed by atoms with Crippen molar-refractivity contribution in [1.29, 1.82) is 0 Å². The van der Waals surface area contributed by atoms with E-state index in [0.717, 1.165) is 33.3 Å². The Balaban J connectivity index is 0.993. The monoisotopic (exact) mass is 797 g/mol. The standard InChI is InChI=1S/C36H34F3N7O9S/c1-22-9-11-24(12-10-22)30-20-31(36(37,38)39)40-45(30)25-13-15-27(16-14-25)56(52,53)41-32(47)17-18-33(48)54-21-26-6-5-19-43(26)46(51)42-55-23(2)44-34(49)28-7-3-4-8-29(28)35(44)50/h3-4,7-16,20,23,26H,5-6,17-19,21H2,1-2H3,(H,41,47)/b46-42+/t23?,26-/m0/s1. The van der Waals surface area contributed by atoms with Crippen LogP contribution in [0.15, 0.2) is 89.0 Å². The fourth-order valence-electron chi connectivity index (χ4n) is 6.11. The highest BCUT2D eigenvalue weighted by molar-refractivity contribution is 7.90. The van der Waals surface area contributed by atoms with E-state index in [0.29, 0.717) is 18.4 Å². The third-order valence-electron chi connectivity index (χ3n) is 9.00. The Hall–Kier alpha value is -6.31. The van der Waals surface area contributed by atoms with Gasteiger partial charge in [0.05, 0.1) is 45.3 Å². The Morgan fingerprint density at radius 1 is 1.02 bits per heavy atom. The first kappa shape index (κ1) is 39.4. The summed E-state index contributed by atoms with van der Waals surface area (Å²) in [6.45, 7) is 3.17. The summed E-state index contributed by atoms with van der Waals surface area (Å²) >= 11 is 0. The van der Waals surface area contributed by atoms with Gasteiger partial charge in [-0.15, -0.1) is 5.01 Å². The molecule has 0 saturated carbocycles. The van der Waals surface area contributed by atoms with Crippen LogP contribution in [0.3, 0.4) is 0 Å². The quantitative estimate of drug-likeness (QED) is 0.0635. The smallest absolute Gasteiger partial charge is 0.435 e. The number of nitrogens with one attached hydrogen (secondary N) is 1. The van der Waals surface area contributed by atoms with Gasteiger partial charge in [-0.1, -0.05) is 42.0 Å². The fourth-order valence-corrected chi connectivity index (χ4v) is 7.12. The Morgan fingerprint density at radius 3 is 2.29 bits per heavy atom. The minimum atomic E-state index is -4.74. The number of carbonyl (C=O) groups is 4. The van der Waals surface area contributed by atoms with Crippen LogP contribution >= 0.6 is 0 Å². The van der Waals surface area contributed by atoms with Crippen molar-refractivity contribution in [2.45, 2.75) is 62.9 Å². The van der Waals surface area contributed by atoms with Crippen LogP contribution in [0.4, 0.5) is 13.2 Å². The van der Waals surface area contributed by atoms with Crippen LogP contribution < -0.4 is 4.72 Å². The molecule has 1 fully saturated rings. The lowest BCUT2D eigenvalue weighted by Crippen LogP contribution is -2.41. The van der Waals surface area contributed by atoms with Crippen LogP contribution in [0, 0.1) is 12.1 Å². The fraction of sp³-hybridized carbons (Fsp3) is 0.306. The molecule has 0 spiro atoms. The molecule has 0 radical (unpaired) electrons. The van der Waals surface area contributed by atoms with E-state index in [1.54, 1.807) is 36.4 Å². The van der Waals surface area contributed by atoms with Gasteiger partial charge in [-0.05, 0) is 69.2 Å². The Morgan fingerprint density at radius 2 is 1.66 bits per heavy atom. The lowest BCUT2D eigenvalue weighted by Gasteiger charge is -2.22. The number of aryl methyl sites for hydroxylation is 1. The molecule has 294 valence electrons. The number of imide groups is 1. The van der Waals surface area contributed by atoms with Gasteiger partial charge in [0, 0.05) is 12.0 Å². The highest BCUT2D eigenvalue weighted by Crippen LogP contribution is 2.33. The molecular weight excluding hydrogens is 763 g/mol. The molecule has 4 aromatic rings. The number of amides is 3. The van der Waals surface area contributed by atoms with Crippen LogP contribution in [-0.2, 0) is 35.4 Å². The molecule has 1 unspecified atom stereocenters. The van der Waals surface area contributed by atoms with E-state index in [4.69, 9.17) is 9.57 Å². The summed E-state index contributed by atoms with van der Waals surface area (Å²) in [5.74, 6) is -3.06. The predicted molar refractivity (Wildman–Crippen MR) is 188 cm³/mol. The first-order valence-electron chi connectivity index (χ1n) is 17.2. The summed E-state index contributed by atoms with van der Waals surface area (Å²) in [7, 11) is -4.44. The number of halogens is 3. The molecule has 0 aliphatic carbocycles. The zero-order chi connectivity index (χ0) is 40.4. The predicted octanol–water partition coefficient (Wildman–Crippen LogP) is 4.91. The molecule has 3 amide bonds. The van der Waals surface area contributed by atoms with Crippen LogP contribution in [-0.4, -0.2) is 82.2 Å². The van der Waals surface area contributed by atoms with Crippen molar-refractivity contribution < 1.29 is 55.3 Å². The SMILES string of the molecule is Cc1ccc(-c2cc(C(F)(F)F)nn2-c2ccc(S(=O)(=O)NC(=O)CCC(=O)OC[C@@H]3CCCN3/[N+]([O-])=N\OC(C)N3C(=O)c4ccccc4C3=O)cc2)cc1. The number of nitrogens with zero attached hydrogens (tertiary/aromatic N) is 6. The topological polar surface area (TPSA) is 196 Å². The maximum atomic E-state index is 13.6. The van der Waals surface area contributed by atoms with Crippen molar-refractivity contribution in [2.24, 2.45) is 5.28 Å². The third-order valence-corrected chi connectivity index (χ3v) is 10.4. The van der Waals surface area contributed by atoms with Gasteiger partial charge in [-0.25, -0.2) is 22.7 Å². The third kappa shape index (κ3) is 8.49. The van der Waals surface area contributed by atoms with E-state index in [9.17, 15) is 46.0 Å². The first-order valence-corrected chi connectivity index (χ1v) is 18.7. The molecule has 3 heterocycles. The number of fused-ring (bicyclic) bond motifs is 1. The zero-order valence-electron chi connectivity index (χ0n) is 29.8. The van der Waals surface area contributed by atoms with Crippen molar-refractivity contribution in [2.75, 3.05) is 13.2 Å². The summed E-state index contributed by atoms with van der Waals surface area (Å²) in [5, 5.41) is 21.2. The second kappa shape index (κ2) is 15.8. The molecule has 6 rings (SSSR count). The Bertz CT molecular complexity index is 2260. The van der Waals surface area contributed by atoms with E-state index in [1.807, 2.05) is 11.6 Å². The van der Waals surface area contributed by atoms with Crippen LogP contribution in [0.25, 0.3) is 16.9 Å². The van der Waals surface area contributed by atoms with Crippen molar-refractivity contribution in [1.82, 2.24) is 24.4 Å². The molecule has 1 N–H and O–H groups in total. The van der Waals surface area contributed by atoms with Crippen molar-refractivity contribution in [3.05, 3.63) is 106 Å². The number of hydrogen-bond donors (Lipinski definition) is 1. The normalized spacial score (nSPS) is 16.5. The average molecular weight is 798 g/mol. The van der Waals surface area contributed by atoms with Crippen LogP contribution in [0.1, 0.15) is 64.6 Å². The van der Waals surface area contributed by atoms with Crippen molar-refractivity contribution in [3.63, 3.8) is 0 Å². The van der Waals surface area contributed by atoms with Gasteiger partial charge in [-0.2, -0.15) is 18.3 Å². The summed E-state index contributed by atoms with van der Waals surface area (Å²) in [6, 6.07) is 17.9. The number of rotatable bonds is 13. The van der Waals surface area contributed by atoms with E-state index in [1.165, 1.54) is 36.2 Å². The van der Waals surface area contributed by atoms with Gasteiger partial charge >= 0.3 is 12.1 Å². The van der Waals surface area contributed by atoms with Crippen LogP contribution in [0.2, 0.25) is 0 Å². The average Bonchev–Trinajstić information content (AvgIpc) is 3.89. The number of carbonyl (C=O) groups excluding carboxylic acids is 4. The number of sulfonamides is 1. The molecule has 2 aliphatic rings. The van der Waals surface area contributed by atoms with Gasteiger partial charge < -0.3 is 14.8 Å². The maximum Gasteiger partial charge on any atom is 0.435 e. The lowest BCUT2D eigenvalue weighted by molar-refractivity contribution is -0.716. The molecule has 2 aliphatic heterocycles. The van der Waals surface area contributed by atoms with Gasteiger partial charge in [0.25, 0.3) is 21.8 Å². The maximum absolute atomic E-state index is 13.6. The number of esters is 1. The van der Waals surface area contributed by atoms with Crippen molar-refractivity contribution >= 4 is 33.7 Å². The number of hydrazine groups is 1. The zero-order valence-corrected chi connectivity index (χ0v) is 30.6. The number of benzene rings is 3. The molecule has 20 heteroatoms. The van der Waals surface area contributed by atoms with E-state index in [2.05, 4.69) is 10.4 Å². The highest BCUT2D eigenvalue weighted by atomic mass is 32.2. The lowest BCUT2D eigenvalue weighted by atomic mass is 10.1. The van der Waals surface area contributed by atoms with Gasteiger partial charge in [0.15, 0.2) is 5.69 Å². The Labute approximate surface area is 317 Å². The van der Waals surface area contributed by atoms with E-state index in [-0.39, 0.29) is 45.5 Å². The minimum absolute atomic E-state index is 0.120. The summed E-state index contributed by atoms with van der Waals surface area (Å²) in [5.41, 5.74) is 0.851. The second-order valence-electron chi connectivity index (χ2n) is 12.9. The number of hydrogen-bond acceptors (Lipinski definition) is 11. The van der Waals surface area contributed by atoms with Crippen LogP contribution in [0.5, 0.6) is 0 Å². The van der Waals surface area contributed by atoms with Gasteiger partial charge in [0.1, 0.15) is 12.6 Å². The van der Waals surface area contributed by atoms with E-state index < -0.39 is 70.7 Å². The van der Waals surface area contributed by atoms with Gasteiger partial charge in [0.2, 0.25) is 17.4 Å². The summed E-state index contributed by atoms with van der Waals surface area (Å²) < 4.78 is 74.7.